The minimum atomic E-state index is -1.03. The van der Waals surface area contributed by atoms with Crippen molar-refractivity contribution in [1.82, 2.24) is 15.4 Å². The highest BCUT2D eigenvalue weighted by molar-refractivity contribution is 5.90. The van der Waals surface area contributed by atoms with Crippen LogP contribution < -0.4 is 10.4 Å². The topological polar surface area (TPSA) is 121 Å². The number of carbonyl (C=O) groups excluding carboxylic acids is 3. The Bertz CT molecular complexity index is 943. The molecule has 0 aromatic heterocycles. The number of para-hydroxylation sites is 1. The number of piperazine rings is 1. The van der Waals surface area contributed by atoms with Crippen LogP contribution in [-0.4, -0.2) is 91.2 Å². The van der Waals surface area contributed by atoms with Crippen LogP contribution in [0.5, 0.6) is 0 Å². The molecule has 4 aliphatic rings. The van der Waals surface area contributed by atoms with Gasteiger partial charge in [-0.15, -0.1) is 5.06 Å². The second-order valence-corrected chi connectivity index (χ2v) is 10.2. The molecule has 1 saturated carbocycles. The SMILES string of the molecule is O=C(OC1CCOCC1)ON1CC2(CC2)CC(C(=O)NO)C1C(=O)N1CCN(c2ccccc2)CC1. The van der Waals surface area contributed by atoms with Crippen LogP contribution in [0.4, 0.5) is 10.5 Å². The summed E-state index contributed by atoms with van der Waals surface area (Å²) >= 11 is 0. The summed E-state index contributed by atoms with van der Waals surface area (Å²) in [5, 5.41) is 10.8. The predicted molar refractivity (Wildman–Crippen MR) is 127 cm³/mol. The van der Waals surface area contributed by atoms with Gasteiger partial charge in [-0.25, -0.2) is 10.3 Å². The van der Waals surface area contributed by atoms with E-state index in [2.05, 4.69) is 4.90 Å². The largest absolute Gasteiger partial charge is 0.528 e. The van der Waals surface area contributed by atoms with E-state index in [1.165, 1.54) is 5.06 Å². The number of hydrogen-bond acceptors (Lipinski definition) is 9. The molecule has 3 heterocycles. The van der Waals surface area contributed by atoms with E-state index >= 15 is 0 Å². The van der Waals surface area contributed by atoms with Crippen LogP contribution in [0.15, 0.2) is 30.3 Å². The Morgan fingerprint density at radius 2 is 1.72 bits per heavy atom. The first-order chi connectivity index (χ1) is 17.5. The van der Waals surface area contributed by atoms with Crippen molar-refractivity contribution in [1.29, 1.82) is 0 Å². The fourth-order valence-electron chi connectivity index (χ4n) is 5.57. The summed E-state index contributed by atoms with van der Waals surface area (Å²) in [6.07, 6.45) is 2.18. The molecular weight excluding hydrogens is 468 g/mol. The van der Waals surface area contributed by atoms with E-state index in [1.807, 2.05) is 30.3 Å². The smallest absolute Gasteiger partial charge is 0.430 e. The van der Waals surface area contributed by atoms with Gasteiger partial charge in [0, 0.05) is 51.3 Å². The van der Waals surface area contributed by atoms with Crippen molar-refractivity contribution in [3.05, 3.63) is 30.3 Å². The monoisotopic (exact) mass is 502 g/mol. The zero-order valence-corrected chi connectivity index (χ0v) is 20.3. The highest BCUT2D eigenvalue weighted by Crippen LogP contribution is 2.55. The van der Waals surface area contributed by atoms with Crippen LogP contribution in [0.25, 0.3) is 0 Å². The highest BCUT2D eigenvalue weighted by atomic mass is 16.8. The molecule has 2 atom stereocenters. The van der Waals surface area contributed by atoms with E-state index in [1.54, 1.807) is 10.4 Å². The molecule has 0 radical (unpaired) electrons. The van der Waals surface area contributed by atoms with Gasteiger partial charge in [-0.3, -0.25) is 14.8 Å². The summed E-state index contributed by atoms with van der Waals surface area (Å²) in [7, 11) is 0. The van der Waals surface area contributed by atoms with Gasteiger partial charge in [0.1, 0.15) is 12.1 Å². The highest BCUT2D eigenvalue weighted by Gasteiger charge is 2.57. The summed E-state index contributed by atoms with van der Waals surface area (Å²) in [5.41, 5.74) is 2.61. The predicted octanol–water partition coefficient (Wildman–Crippen LogP) is 1.56. The molecule has 1 aromatic rings. The van der Waals surface area contributed by atoms with Crippen LogP contribution >= 0.6 is 0 Å². The zero-order chi connectivity index (χ0) is 25.1. The lowest BCUT2D eigenvalue weighted by Crippen LogP contribution is -2.62. The molecule has 2 unspecified atom stereocenters. The third kappa shape index (κ3) is 5.42. The van der Waals surface area contributed by atoms with Gasteiger partial charge in [0.2, 0.25) is 11.8 Å². The van der Waals surface area contributed by atoms with Gasteiger partial charge in [0.25, 0.3) is 0 Å². The van der Waals surface area contributed by atoms with Gasteiger partial charge in [-0.1, -0.05) is 18.2 Å². The van der Waals surface area contributed by atoms with Crippen LogP contribution in [-0.2, 0) is 23.9 Å². The fourth-order valence-corrected chi connectivity index (χ4v) is 5.57. The molecule has 11 nitrogen and oxygen atoms in total. The quantitative estimate of drug-likeness (QED) is 0.351. The molecule has 4 fully saturated rings. The van der Waals surface area contributed by atoms with Gasteiger partial charge in [-0.2, -0.15) is 0 Å². The Morgan fingerprint density at radius 3 is 2.36 bits per heavy atom. The average molecular weight is 503 g/mol. The number of ether oxygens (including phenoxy) is 2. The van der Waals surface area contributed by atoms with Crippen molar-refractivity contribution in [2.45, 2.75) is 44.2 Å². The Balaban J connectivity index is 1.30. The molecule has 3 aliphatic heterocycles. The minimum Gasteiger partial charge on any atom is -0.430 e. The van der Waals surface area contributed by atoms with E-state index < -0.39 is 24.0 Å². The third-order valence-corrected chi connectivity index (χ3v) is 7.83. The van der Waals surface area contributed by atoms with Gasteiger partial charge in [-0.05, 0) is 36.8 Å². The second-order valence-electron chi connectivity index (χ2n) is 10.2. The fraction of sp³-hybridized carbons (Fsp3) is 0.640. The van der Waals surface area contributed by atoms with Crippen molar-refractivity contribution < 1.29 is 33.9 Å². The first-order valence-corrected chi connectivity index (χ1v) is 12.7. The molecule has 5 rings (SSSR count). The number of benzene rings is 1. The summed E-state index contributed by atoms with van der Waals surface area (Å²) < 4.78 is 10.8. The van der Waals surface area contributed by atoms with E-state index in [0.29, 0.717) is 65.2 Å². The second kappa shape index (κ2) is 10.6. The number of nitrogens with one attached hydrogen (secondary N) is 1. The Morgan fingerprint density at radius 1 is 1.03 bits per heavy atom. The number of nitrogens with zero attached hydrogens (tertiary/aromatic N) is 3. The van der Waals surface area contributed by atoms with Crippen LogP contribution in [0.1, 0.15) is 32.1 Å². The van der Waals surface area contributed by atoms with Gasteiger partial charge < -0.3 is 24.1 Å². The van der Waals surface area contributed by atoms with Crippen molar-refractivity contribution in [2.24, 2.45) is 11.3 Å². The van der Waals surface area contributed by atoms with Gasteiger partial charge >= 0.3 is 6.16 Å². The normalized spacial score (nSPS) is 26.4. The lowest BCUT2D eigenvalue weighted by atomic mass is 9.81. The number of piperidine rings is 1. The molecule has 36 heavy (non-hydrogen) atoms. The lowest BCUT2D eigenvalue weighted by molar-refractivity contribution is -0.208. The Kier molecular flexibility index (Phi) is 7.31. The molecule has 11 heteroatoms. The van der Waals surface area contributed by atoms with Crippen molar-refractivity contribution in [3.63, 3.8) is 0 Å². The Labute approximate surface area is 210 Å². The molecule has 196 valence electrons. The number of hydroxylamine groups is 3. The minimum absolute atomic E-state index is 0.209. The number of amides is 2. The first kappa shape index (κ1) is 24.8. The molecule has 1 aromatic carbocycles. The molecule has 1 spiro atoms. The van der Waals surface area contributed by atoms with Crippen molar-refractivity contribution in [3.8, 4) is 0 Å². The van der Waals surface area contributed by atoms with Crippen LogP contribution in [0.2, 0.25) is 0 Å². The number of anilines is 1. The van der Waals surface area contributed by atoms with Gasteiger partial charge in [0.15, 0.2) is 0 Å². The maximum absolute atomic E-state index is 13.8. The van der Waals surface area contributed by atoms with Gasteiger partial charge in [0.05, 0.1) is 19.1 Å². The summed E-state index contributed by atoms with van der Waals surface area (Å²) in [6.45, 7) is 3.63. The lowest BCUT2D eigenvalue weighted by Gasteiger charge is -2.44. The average Bonchev–Trinajstić information content (AvgIpc) is 3.66. The van der Waals surface area contributed by atoms with E-state index in [4.69, 9.17) is 14.3 Å². The standard InChI is InChI=1S/C25H34N4O7/c30-22(26-33)20-16-25(8-9-25)17-29(36-24(32)35-19-6-14-34-15-7-19)21(20)23(31)28-12-10-27(11-13-28)18-4-2-1-3-5-18/h1-5,19-21,33H,6-17H2,(H,26,30). The number of hydrogen-bond donors (Lipinski definition) is 2. The molecular formula is C25H34N4O7. The van der Waals surface area contributed by atoms with Crippen LogP contribution in [0.3, 0.4) is 0 Å². The molecule has 0 bridgehead atoms. The molecule has 2 amide bonds. The van der Waals surface area contributed by atoms with E-state index in [0.717, 1.165) is 18.5 Å². The van der Waals surface area contributed by atoms with Crippen molar-refractivity contribution >= 4 is 23.7 Å². The maximum Gasteiger partial charge on any atom is 0.528 e. The summed E-state index contributed by atoms with van der Waals surface area (Å²) in [6, 6.07) is 8.97. The number of rotatable bonds is 5. The summed E-state index contributed by atoms with van der Waals surface area (Å²) in [5.74, 6) is -1.78. The third-order valence-electron chi connectivity index (χ3n) is 7.83. The van der Waals surface area contributed by atoms with Crippen molar-refractivity contribution in [2.75, 3.05) is 50.8 Å². The molecule has 3 saturated heterocycles. The van der Waals surface area contributed by atoms with E-state index in [-0.39, 0.29) is 17.4 Å². The number of carbonyl (C=O) groups is 3. The van der Waals surface area contributed by atoms with Crippen LogP contribution in [0, 0.1) is 11.3 Å². The summed E-state index contributed by atoms with van der Waals surface area (Å²) in [4.78, 5) is 48.7. The Hall–Kier alpha value is -2.89. The molecule has 1 aliphatic carbocycles. The first-order valence-electron chi connectivity index (χ1n) is 12.7. The zero-order valence-electron chi connectivity index (χ0n) is 20.3. The molecule has 2 N–H and O–H groups in total. The maximum atomic E-state index is 13.8. The van der Waals surface area contributed by atoms with E-state index in [9.17, 15) is 19.6 Å².